The van der Waals surface area contributed by atoms with Gasteiger partial charge < -0.3 is 9.73 Å². The number of hydrogen-bond acceptors (Lipinski definition) is 3. The number of carbonyl (C=O) groups excluding carboxylic acids is 1. The minimum absolute atomic E-state index is 0.120. The van der Waals surface area contributed by atoms with Gasteiger partial charge in [-0.05, 0) is 72.2 Å². The number of furan rings is 1. The Morgan fingerprint density at radius 1 is 1.00 bits per heavy atom. The number of thioether (sulfide) groups is 1. The third-order valence-corrected chi connectivity index (χ3v) is 6.65. The number of rotatable bonds is 6. The van der Waals surface area contributed by atoms with Crippen LogP contribution in [-0.2, 0) is 17.7 Å². The molecule has 0 fully saturated rings. The van der Waals surface area contributed by atoms with E-state index in [2.05, 4.69) is 71.1 Å². The predicted octanol–water partition coefficient (Wildman–Crippen LogP) is 6.72. The molecule has 0 aliphatic rings. The van der Waals surface area contributed by atoms with Gasteiger partial charge in [-0.25, -0.2) is 0 Å². The monoisotopic (exact) mass is 421 g/mol. The summed E-state index contributed by atoms with van der Waals surface area (Å²) in [6.07, 6.45) is 0. The highest BCUT2D eigenvalue weighted by Crippen LogP contribution is 2.31. The van der Waals surface area contributed by atoms with Gasteiger partial charge in [-0.1, -0.05) is 51.1 Å². The maximum Gasteiger partial charge on any atom is 0.287 e. The fraction of sp³-hybridized carbons (Fsp3) is 0.346. The fourth-order valence-corrected chi connectivity index (χ4v) is 4.17. The van der Waals surface area contributed by atoms with Gasteiger partial charge >= 0.3 is 0 Å². The van der Waals surface area contributed by atoms with Crippen LogP contribution in [0.25, 0.3) is 0 Å². The lowest BCUT2D eigenvalue weighted by molar-refractivity contribution is 0.0921. The van der Waals surface area contributed by atoms with Gasteiger partial charge in [0.1, 0.15) is 5.76 Å². The SMILES string of the molecule is Cc1ccc(C(C)(C)C)cc1SCc1ccc(C(=O)NCc2cccc(C)c2C)o1. The van der Waals surface area contributed by atoms with Crippen LogP contribution in [0.1, 0.15) is 64.9 Å². The van der Waals surface area contributed by atoms with E-state index in [1.165, 1.54) is 27.1 Å². The number of amides is 1. The summed E-state index contributed by atoms with van der Waals surface area (Å²) >= 11 is 1.74. The summed E-state index contributed by atoms with van der Waals surface area (Å²) in [7, 11) is 0. The van der Waals surface area contributed by atoms with E-state index in [1.807, 2.05) is 18.2 Å². The van der Waals surface area contributed by atoms with Crippen molar-refractivity contribution < 1.29 is 9.21 Å². The van der Waals surface area contributed by atoms with Crippen molar-refractivity contribution in [2.45, 2.75) is 64.2 Å². The van der Waals surface area contributed by atoms with Crippen LogP contribution >= 0.6 is 11.8 Å². The fourth-order valence-electron chi connectivity index (χ4n) is 3.21. The van der Waals surface area contributed by atoms with Crippen molar-refractivity contribution in [1.82, 2.24) is 5.32 Å². The predicted molar refractivity (Wildman–Crippen MR) is 125 cm³/mol. The molecule has 0 aliphatic heterocycles. The van der Waals surface area contributed by atoms with Gasteiger partial charge in [0, 0.05) is 11.4 Å². The highest BCUT2D eigenvalue weighted by atomic mass is 32.2. The first-order chi connectivity index (χ1) is 14.1. The molecule has 2 aromatic carbocycles. The van der Waals surface area contributed by atoms with Gasteiger partial charge in [0.25, 0.3) is 5.91 Å². The first-order valence-corrected chi connectivity index (χ1v) is 11.3. The molecule has 3 nitrogen and oxygen atoms in total. The molecule has 4 heteroatoms. The lowest BCUT2D eigenvalue weighted by Gasteiger charge is -2.20. The molecule has 0 atom stereocenters. The maximum absolute atomic E-state index is 12.5. The summed E-state index contributed by atoms with van der Waals surface area (Å²) in [4.78, 5) is 13.7. The molecule has 0 saturated heterocycles. The van der Waals surface area contributed by atoms with Crippen LogP contribution in [0.4, 0.5) is 0 Å². The highest BCUT2D eigenvalue weighted by Gasteiger charge is 2.16. The van der Waals surface area contributed by atoms with E-state index < -0.39 is 0 Å². The van der Waals surface area contributed by atoms with Gasteiger partial charge in [-0.2, -0.15) is 0 Å². The molecular formula is C26H31NO2S. The molecular weight excluding hydrogens is 390 g/mol. The average molecular weight is 422 g/mol. The lowest BCUT2D eigenvalue weighted by atomic mass is 9.87. The second kappa shape index (κ2) is 9.13. The summed E-state index contributed by atoms with van der Waals surface area (Å²) in [6, 6.07) is 16.4. The molecule has 158 valence electrons. The van der Waals surface area contributed by atoms with Crippen molar-refractivity contribution in [3.05, 3.63) is 87.9 Å². The summed E-state index contributed by atoms with van der Waals surface area (Å²) in [6.45, 7) is 13.5. The standard InChI is InChI=1S/C26H31NO2S/c1-17-8-7-9-20(19(17)3)15-27-25(28)23-13-12-22(29-23)16-30-24-14-21(26(4,5)6)11-10-18(24)2/h7-14H,15-16H2,1-6H3,(H,27,28). The molecule has 0 saturated carbocycles. The van der Waals surface area contributed by atoms with Gasteiger partial charge in [0.2, 0.25) is 0 Å². The number of aryl methyl sites for hydroxylation is 2. The molecule has 1 aromatic heterocycles. The van der Waals surface area contributed by atoms with E-state index in [9.17, 15) is 4.79 Å². The van der Waals surface area contributed by atoms with Crippen molar-refractivity contribution in [2.75, 3.05) is 0 Å². The second-order valence-corrected chi connectivity index (χ2v) is 9.84. The molecule has 3 rings (SSSR count). The maximum atomic E-state index is 12.5. The molecule has 30 heavy (non-hydrogen) atoms. The zero-order valence-electron chi connectivity index (χ0n) is 18.8. The molecule has 0 bridgehead atoms. The van der Waals surface area contributed by atoms with Gasteiger partial charge in [-0.3, -0.25) is 4.79 Å². The Balaban J connectivity index is 1.61. The van der Waals surface area contributed by atoms with Crippen molar-refractivity contribution in [2.24, 2.45) is 0 Å². The van der Waals surface area contributed by atoms with Crippen molar-refractivity contribution in [3.8, 4) is 0 Å². The van der Waals surface area contributed by atoms with Crippen LogP contribution in [0, 0.1) is 20.8 Å². The Kier molecular flexibility index (Phi) is 6.77. The Morgan fingerprint density at radius 3 is 2.50 bits per heavy atom. The van der Waals surface area contributed by atoms with Crippen LogP contribution in [-0.4, -0.2) is 5.91 Å². The molecule has 0 aliphatic carbocycles. The number of benzene rings is 2. The molecule has 0 unspecified atom stereocenters. The van der Waals surface area contributed by atoms with Crippen LogP contribution < -0.4 is 5.32 Å². The van der Waals surface area contributed by atoms with Gasteiger partial charge in [0.05, 0.1) is 5.75 Å². The van der Waals surface area contributed by atoms with E-state index in [0.29, 0.717) is 18.1 Å². The van der Waals surface area contributed by atoms with E-state index in [1.54, 1.807) is 17.8 Å². The Morgan fingerprint density at radius 2 is 1.77 bits per heavy atom. The first-order valence-electron chi connectivity index (χ1n) is 10.3. The van der Waals surface area contributed by atoms with Crippen LogP contribution in [0.3, 0.4) is 0 Å². The average Bonchev–Trinajstić information content (AvgIpc) is 3.16. The van der Waals surface area contributed by atoms with Crippen LogP contribution in [0.15, 0.2) is 57.8 Å². The van der Waals surface area contributed by atoms with E-state index >= 15 is 0 Å². The molecule has 1 amide bonds. The Bertz CT molecular complexity index is 1040. The zero-order valence-corrected chi connectivity index (χ0v) is 19.6. The van der Waals surface area contributed by atoms with E-state index in [-0.39, 0.29) is 11.3 Å². The van der Waals surface area contributed by atoms with Crippen molar-refractivity contribution >= 4 is 17.7 Å². The zero-order chi connectivity index (χ0) is 21.9. The minimum Gasteiger partial charge on any atom is -0.455 e. The number of nitrogens with one attached hydrogen (secondary N) is 1. The minimum atomic E-state index is -0.182. The third-order valence-electron chi connectivity index (χ3n) is 5.47. The van der Waals surface area contributed by atoms with Crippen LogP contribution in [0.2, 0.25) is 0 Å². The molecule has 3 aromatic rings. The quantitative estimate of drug-likeness (QED) is 0.449. The summed E-state index contributed by atoms with van der Waals surface area (Å²) in [5, 5.41) is 2.96. The second-order valence-electron chi connectivity index (χ2n) is 8.83. The lowest BCUT2D eigenvalue weighted by Crippen LogP contribution is -2.22. The highest BCUT2D eigenvalue weighted by molar-refractivity contribution is 7.98. The molecule has 0 radical (unpaired) electrons. The van der Waals surface area contributed by atoms with Crippen LogP contribution in [0.5, 0.6) is 0 Å². The Labute approximate surface area is 184 Å². The normalized spacial score (nSPS) is 11.5. The molecule has 1 heterocycles. The van der Waals surface area contributed by atoms with Gasteiger partial charge in [0.15, 0.2) is 5.76 Å². The summed E-state index contributed by atoms with van der Waals surface area (Å²) < 4.78 is 5.81. The first kappa shape index (κ1) is 22.2. The topological polar surface area (TPSA) is 42.2 Å². The molecule has 1 N–H and O–H groups in total. The smallest absolute Gasteiger partial charge is 0.287 e. The largest absolute Gasteiger partial charge is 0.455 e. The summed E-state index contributed by atoms with van der Waals surface area (Å²) in [5.41, 5.74) is 6.26. The van der Waals surface area contributed by atoms with Crippen molar-refractivity contribution in [1.29, 1.82) is 0 Å². The Hall–Kier alpha value is -2.46. The molecule has 0 spiro atoms. The third kappa shape index (κ3) is 5.37. The van der Waals surface area contributed by atoms with Crippen molar-refractivity contribution in [3.63, 3.8) is 0 Å². The van der Waals surface area contributed by atoms with E-state index in [0.717, 1.165) is 11.3 Å². The van der Waals surface area contributed by atoms with Gasteiger partial charge in [-0.15, -0.1) is 11.8 Å². The van der Waals surface area contributed by atoms with E-state index in [4.69, 9.17) is 4.42 Å². The summed E-state index contributed by atoms with van der Waals surface area (Å²) in [5.74, 6) is 1.67. The number of carbonyl (C=O) groups is 1. The number of hydrogen-bond donors (Lipinski definition) is 1.